The molecule has 27 heavy (non-hydrogen) atoms. The Morgan fingerprint density at radius 1 is 1.04 bits per heavy atom. The van der Waals surface area contributed by atoms with E-state index in [1.54, 1.807) is 20.3 Å². The molecule has 0 fully saturated rings. The van der Waals surface area contributed by atoms with E-state index in [2.05, 4.69) is 27.6 Å². The van der Waals surface area contributed by atoms with E-state index >= 15 is 0 Å². The van der Waals surface area contributed by atoms with Gasteiger partial charge in [-0.3, -0.25) is 4.79 Å². The highest BCUT2D eigenvalue weighted by molar-refractivity contribution is 14.1. The first kappa shape index (κ1) is 19.2. The second-order valence-corrected chi connectivity index (χ2v) is 6.89. The van der Waals surface area contributed by atoms with Gasteiger partial charge in [-0.15, -0.1) is 0 Å². The van der Waals surface area contributed by atoms with Gasteiger partial charge in [-0.25, -0.2) is 4.98 Å². The number of methoxy groups -OCH3 is 2. The molecular weight excluding hydrogens is 457 g/mol. The minimum atomic E-state index is -0.370. The molecule has 0 atom stereocenters. The van der Waals surface area contributed by atoms with E-state index in [1.807, 2.05) is 48.6 Å². The van der Waals surface area contributed by atoms with Crippen molar-refractivity contribution in [3.8, 4) is 17.2 Å². The quantitative estimate of drug-likeness (QED) is 0.297. The summed E-state index contributed by atoms with van der Waals surface area (Å²) in [5, 5.41) is 0.909. The Kier molecular flexibility index (Phi) is 5.95. The van der Waals surface area contributed by atoms with Crippen LogP contribution in [0.15, 0.2) is 42.5 Å². The normalized spacial score (nSPS) is 11.0. The molecule has 5 nitrogen and oxygen atoms in total. The summed E-state index contributed by atoms with van der Waals surface area (Å²) < 4.78 is 17.0. The molecule has 0 spiro atoms. The number of halogens is 1. The molecule has 0 aliphatic rings. The van der Waals surface area contributed by atoms with Crippen LogP contribution in [0.3, 0.4) is 0 Å². The summed E-state index contributed by atoms with van der Waals surface area (Å²) in [6, 6.07) is 13.3. The molecule has 0 unspecified atom stereocenters. The largest absolute Gasteiger partial charge is 0.493 e. The molecule has 0 aliphatic carbocycles. The average Bonchev–Trinajstić information content (AvgIpc) is 2.65. The number of esters is 1. The molecule has 6 heteroatoms. The summed E-state index contributed by atoms with van der Waals surface area (Å²) >= 11 is 2.21. The molecule has 0 radical (unpaired) electrons. The molecule has 3 rings (SSSR count). The van der Waals surface area contributed by atoms with Gasteiger partial charge in [-0.05, 0) is 58.5 Å². The monoisotopic (exact) mass is 475 g/mol. The summed E-state index contributed by atoms with van der Waals surface area (Å²) in [7, 11) is 3.23. The van der Waals surface area contributed by atoms with Crippen LogP contribution in [0.2, 0.25) is 0 Å². The molecule has 0 saturated carbocycles. The third-order valence-corrected chi connectivity index (χ3v) is 4.66. The Morgan fingerprint density at radius 2 is 1.85 bits per heavy atom. The molecule has 1 aromatic heterocycles. The van der Waals surface area contributed by atoms with Crippen LogP contribution in [0, 0.1) is 3.57 Å². The topological polar surface area (TPSA) is 57.7 Å². The Hall–Kier alpha value is -2.61. The zero-order valence-corrected chi connectivity index (χ0v) is 17.3. The van der Waals surface area contributed by atoms with Gasteiger partial charge >= 0.3 is 5.97 Å². The number of aromatic nitrogens is 1. The van der Waals surface area contributed by atoms with E-state index in [1.165, 1.54) is 6.92 Å². The van der Waals surface area contributed by atoms with Crippen molar-refractivity contribution >= 4 is 51.6 Å². The standard InChI is InChI=1S/C21H18INO4/c1-13(24)27-18-6-4-5-15-8-10-16(23-20(15)18)9-7-14-11-17(22)21(26-3)19(12-14)25-2/h4-12H,1-3H3. The van der Waals surface area contributed by atoms with E-state index in [-0.39, 0.29) is 5.97 Å². The van der Waals surface area contributed by atoms with E-state index in [9.17, 15) is 4.79 Å². The van der Waals surface area contributed by atoms with Crippen LogP contribution in [0.25, 0.3) is 23.1 Å². The van der Waals surface area contributed by atoms with Crippen LogP contribution in [0.4, 0.5) is 0 Å². The molecule has 0 saturated heterocycles. The highest BCUT2D eigenvalue weighted by Crippen LogP contribution is 2.34. The van der Waals surface area contributed by atoms with E-state index in [4.69, 9.17) is 14.2 Å². The zero-order chi connectivity index (χ0) is 19.4. The Labute approximate surface area is 171 Å². The second kappa shape index (κ2) is 8.39. The van der Waals surface area contributed by atoms with Crippen LogP contribution >= 0.6 is 22.6 Å². The number of nitrogens with zero attached hydrogens (tertiary/aromatic N) is 1. The van der Waals surface area contributed by atoms with Gasteiger partial charge in [0.15, 0.2) is 17.2 Å². The van der Waals surface area contributed by atoms with Crippen LogP contribution < -0.4 is 14.2 Å². The number of ether oxygens (including phenoxy) is 3. The number of carbonyl (C=O) groups excluding carboxylic acids is 1. The van der Waals surface area contributed by atoms with Crippen molar-refractivity contribution in [3.63, 3.8) is 0 Å². The summed E-state index contributed by atoms with van der Waals surface area (Å²) in [5.74, 6) is 1.47. The molecule has 1 heterocycles. The first-order valence-electron chi connectivity index (χ1n) is 8.19. The van der Waals surface area contributed by atoms with Crippen molar-refractivity contribution in [1.29, 1.82) is 0 Å². The highest BCUT2D eigenvalue weighted by Gasteiger charge is 2.10. The van der Waals surface area contributed by atoms with E-state index < -0.39 is 0 Å². The van der Waals surface area contributed by atoms with Gasteiger partial charge in [0.2, 0.25) is 0 Å². The first-order chi connectivity index (χ1) is 13.0. The summed E-state index contributed by atoms with van der Waals surface area (Å²) in [4.78, 5) is 15.9. The lowest BCUT2D eigenvalue weighted by atomic mass is 10.1. The van der Waals surface area contributed by atoms with Crippen LogP contribution in [0.1, 0.15) is 18.2 Å². The number of hydrogen-bond donors (Lipinski definition) is 0. The lowest BCUT2D eigenvalue weighted by Crippen LogP contribution is -2.02. The summed E-state index contributed by atoms with van der Waals surface area (Å²) in [6.45, 7) is 1.38. The molecule has 3 aromatic rings. The number of benzene rings is 2. The Bertz CT molecular complexity index is 1030. The fourth-order valence-electron chi connectivity index (χ4n) is 2.68. The number of para-hydroxylation sites is 1. The van der Waals surface area contributed by atoms with Gasteiger partial charge in [-0.1, -0.05) is 24.3 Å². The Balaban J connectivity index is 1.97. The van der Waals surface area contributed by atoms with Crippen molar-refractivity contribution in [1.82, 2.24) is 4.98 Å². The van der Waals surface area contributed by atoms with E-state index in [0.717, 1.165) is 20.2 Å². The summed E-state index contributed by atoms with van der Waals surface area (Å²) in [5.41, 5.74) is 2.37. The predicted molar refractivity (Wildman–Crippen MR) is 114 cm³/mol. The maximum atomic E-state index is 11.3. The average molecular weight is 475 g/mol. The van der Waals surface area contributed by atoms with Crippen molar-refractivity contribution in [2.24, 2.45) is 0 Å². The van der Waals surface area contributed by atoms with Gasteiger partial charge in [0.05, 0.1) is 23.5 Å². The fourth-order valence-corrected chi connectivity index (χ4v) is 3.53. The first-order valence-corrected chi connectivity index (χ1v) is 9.27. The van der Waals surface area contributed by atoms with Gasteiger partial charge in [0.25, 0.3) is 0 Å². The van der Waals surface area contributed by atoms with Crippen molar-refractivity contribution in [2.45, 2.75) is 6.92 Å². The SMILES string of the molecule is COc1cc(C=Cc2ccc3cccc(OC(C)=O)c3n2)cc(I)c1OC. The fraction of sp³-hybridized carbons (Fsp3) is 0.143. The molecule has 0 aliphatic heterocycles. The number of hydrogen-bond acceptors (Lipinski definition) is 5. The van der Waals surface area contributed by atoms with Crippen molar-refractivity contribution in [3.05, 3.63) is 57.3 Å². The zero-order valence-electron chi connectivity index (χ0n) is 15.2. The van der Waals surface area contributed by atoms with Crippen LogP contribution in [-0.2, 0) is 4.79 Å². The minimum absolute atomic E-state index is 0.370. The van der Waals surface area contributed by atoms with Crippen LogP contribution in [0.5, 0.6) is 17.2 Å². The molecule has 0 N–H and O–H groups in total. The van der Waals surface area contributed by atoms with Gasteiger partial charge in [-0.2, -0.15) is 0 Å². The third kappa shape index (κ3) is 4.39. The molecule has 0 bridgehead atoms. The van der Waals surface area contributed by atoms with Gasteiger partial charge < -0.3 is 14.2 Å². The number of pyridine rings is 1. The minimum Gasteiger partial charge on any atom is -0.493 e. The molecule has 2 aromatic carbocycles. The van der Waals surface area contributed by atoms with Crippen LogP contribution in [-0.4, -0.2) is 25.2 Å². The van der Waals surface area contributed by atoms with Crippen molar-refractivity contribution < 1.29 is 19.0 Å². The molecular formula is C21H18INO4. The maximum absolute atomic E-state index is 11.3. The lowest BCUT2D eigenvalue weighted by molar-refractivity contribution is -0.131. The summed E-state index contributed by atoms with van der Waals surface area (Å²) in [6.07, 6.45) is 3.86. The molecule has 138 valence electrons. The smallest absolute Gasteiger partial charge is 0.308 e. The number of rotatable bonds is 5. The maximum Gasteiger partial charge on any atom is 0.308 e. The highest BCUT2D eigenvalue weighted by atomic mass is 127. The van der Waals surface area contributed by atoms with Crippen molar-refractivity contribution in [2.75, 3.05) is 14.2 Å². The third-order valence-electron chi connectivity index (χ3n) is 3.86. The predicted octanol–water partition coefficient (Wildman–Crippen LogP) is 4.95. The van der Waals surface area contributed by atoms with Gasteiger partial charge in [0, 0.05) is 12.3 Å². The molecule has 0 amide bonds. The van der Waals surface area contributed by atoms with Gasteiger partial charge in [0.1, 0.15) is 5.52 Å². The van der Waals surface area contributed by atoms with E-state index in [0.29, 0.717) is 22.8 Å². The second-order valence-electron chi connectivity index (χ2n) is 5.73. The lowest BCUT2D eigenvalue weighted by Gasteiger charge is -2.10. The Morgan fingerprint density at radius 3 is 2.56 bits per heavy atom. The number of carbonyl (C=O) groups is 1. The number of fused-ring (bicyclic) bond motifs is 1.